The van der Waals surface area contributed by atoms with Crippen LogP contribution >= 0.6 is 0 Å². The molecular formula is C17H17N3O3. The normalized spacial score (nSPS) is 11.2. The predicted molar refractivity (Wildman–Crippen MR) is 86.1 cm³/mol. The molecule has 0 fully saturated rings. The molecule has 6 nitrogen and oxygen atoms in total. The Kier molecular flexibility index (Phi) is 5.56. The van der Waals surface area contributed by atoms with Crippen molar-refractivity contribution in [2.24, 2.45) is 0 Å². The Morgan fingerprint density at radius 2 is 1.87 bits per heavy atom. The molecule has 0 aliphatic rings. The summed E-state index contributed by atoms with van der Waals surface area (Å²) in [6, 6.07) is 15.0. The van der Waals surface area contributed by atoms with E-state index in [1.807, 2.05) is 6.07 Å². The van der Waals surface area contributed by atoms with Crippen LogP contribution in [0.15, 0.2) is 48.5 Å². The minimum absolute atomic E-state index is 0.0778. The molecule has 0 unspecified atom stereocenters. The minimum Gasteiger partial charge on any atom is -0.497 e. The number of amides is 2. The third-order valence-electron chi connectivity index (χ3n) is 3.23. The molecule has 2 rings (SSSR count). The molecule has 2 amide bonds. The highest BCUT2D eigenvalue weighted by molar-refractivity contribution is 5.89. The van der Waals surface area contributed by atoms with Gasteiger partial charge in [0.1, 0.15) is 5.75 Å². The molecule has 1 atom stereocenters. The Morgan fingerprint density at radius 1 is 1.22 bits per heavy atom. The van der Waals surface area contributed by atoms with E-state index in [9.17, 15) is 9.90 Å². The third-order valence-corrected chi connectivity index (χ3v) is 3.23. The Hall–Kier alpha value is -3.04. The molecule has 0 heterocycles. The van der Waals surface area contributed by atoms with Crippen LogP contribution in [0.1, 0.15) is 17.2 Å². The lowest BCUT2D eigenvalue weighted by atomic mass is 10.1. The van der Waals surface area contributed by atoms with Gasteiger partial charge in [0.2, 0.25) is 0 Å². The monoisotopic (exact) mass is 311 g/mol. The van der Waals surface area contributed by atoms with Gasteiger partial charge in [-0.1, -0.05) is 12.1 Å². The molecule has 23 heavy (non-hydrogen) atoms. The first-order valence-corrected chi connectivity index (χ1v) is 6.99. The Balaban J connectivity index is 1.84. The minimum atomic E-state index is -0.812. The van der Waals surface area contributed by atoms with Gasteiger partial charge < -0.3 is 20.5 Å². The summed E-state index contributed by atoms with van der Waals surface area (Å²) in [5, 5.41) is 24.0. The van der Waals surface area contributed by atoms with Gasteiger partial charge in [0.25, 0.3) is 0 Å². The lowest BCUT2D eigenvalue weighted by molar-refractivity contribution is 0.175. The number of methoxy groups -OCH3 is 1. The highest BCUT2D eigenvalue weighted by Gasteiger charge is 2.09. The first-order valence-electron chi connectivity index (χ1n) is 6.99. The van der Waals surface area contributed by atoms with Crippen molar-refractivity contribution in [3.05, 3.63) is 59.7 Å². The molecule has 0 bridgehead atoms. The number of nitriles is 1. The summed E-state index contributed by atoms with van der Waals surface area (Å²) in [5.41, 5.74) is 1.77. The van der Waals surface area contributed by atoms with Gasteiger partial charge in [-0.15, -0.1) is 0 Å². The summed E-state index contributed by atoms with van der Waals surface area (Å²) in [6.45, 7) is 0.0778. The second-order valence-electron chi connectivity index (χ2n) is 4.81. The van der Waals surface area contributed by atoms with Gasteiger partial charge in [-0.3, -0.25) is 0 Å². The van der Waals surface area contributed by atoms with E-state index in [1.165, 1.54) is 0 Å². The van der Waals surface area contributed by atoms with Crippen molar-refractivity contribution in [1.82, 2.24) is 5.32 Å². The summed E-state index contributed by atoms with van der Waals surface area (Å²) in [6.07, 6.45) is -0.812. The van der Waals surface area contributed by atoms with E-state index < -0.39 is 12.1 Å². The maximum Gasteiger partial charge on any atom is 0.319 e. The summed E-state index contributed by atoms with van der Waals surface area (Å²) in [7, 11) is 1.57. The summed E-state index contributed by atoms with van der Waals surface area (Å²) < 4.78 is 5.05. The van der Waals surface area contributed by atoms with Gasteiger partial charge >= 0.3 is 6.03 Å². The molecule has 0 saturated carbocycles. The maximum atomic E-state index is 11.8. The molecule has 6 heteroatoms. The fourth-order valence-corrected chi connectivity index (χ4v) is 1.94. The van der Waals surface area contributed by atoms with Gasteiger partial charge in [0.05, 0.1) is 24.8 Å². The van der Waals surface area contributed by atoms with Crippen LogP contribution < -0.4 is 15.4 Å². The van der Waals surface area contributed by atoms with Crippen LogP contribution in [0.4, 0.5) is 10.5 Å². The van der Waals surface area contributed by atoms with E-state index in [0.717, 1.165) is 0 Å². The fourth-order valence-electron chi connectivity index (χ4n) is 1.94. The van der Waals surface area contributed by atoms with Crippen LogP contribution in [-0.4, -0.2) is 24.8 Å². The Labute approximate surface area is 134 Å². The molecule has 2 aromatic carbocycles. The number of nitrogens with zero attached hydrogens (tertiary/aromatic N) is 1. The van der Waals surface area contributed by atoms with Gasteiger partial charge in [-0.2, -0.15) is 5.26 Å². The van der Waals surface area contributed by atoms with Crippen molar-refractivity contribution in [3.8, 4) is 11.8 Å². The predicted octanol–water partition coefficient (Wildman–Crippen LogP) is 2.42. The van der Waals surface area contributed by atoms with Gasteiger partial charge in [-0.05, 0) is 42.0 Å². The molecule has 3 N–H and O–H groups in total. The van der Waals surface area contributed by atoms with Gasteiger partial charge in [-0.25, -0.2) is 4.79 Å². The average molecular weight is 311 g/mol. The maximum absolute atomic E-state index is 11.8. The van der Waals surface area contributed by atoms with E-state index in [-0.39, 0.29) is 6.54 Å². The van der Waals surface area contributed by atoms with Crippen molar-refractivity contribution >= 4 is 11.7 Å². The number of rotatable bonds is 5. The zero-order valence-electron chi connectivity index (χ0n) is 12.6. The number of carbonyl (C=O) groups is 1. The molecule has 0 spiro atoms. The number of hydrogen-bond donors (Lipinski definition) is 3. The largest absolute Gasteiger partial charge is 0.497 e. The number of ether oxygens (including phenoxy) is 1. The SMILES string of the molecule is COc1ccc([C@H](O)CNC(=O)Nc2ccc(C#N)cc2)cc1. The van der Waals surface area contributed by atoms with Crippen LogP contribution in [0.3, 0.4) is 0 Å². The summed E-state index contributed by atoms with van der Waals surface area (Å²) >= 11 is 0. The molecule has 0 radical (unpaired) electrons. The quantitative estimate of drug-likeness (QED) is 0.790. The summed E-state index contributed by atoms with van der Waals surface area (Å²) in [4.78, 5) is 11.8. The zero-order valence-corrected chi connectivity index (χ0v) is 12.6. The van der Waals surface area contributed by atoms with Crippen LogP contribution in [0, 0.1) is 11.3 Å². The molecular weight excluding hydrogens is 294 g/mol. The lowest BCUT2D eigenvalue weighted by Gasteiger charge is -2.13. The van der Waals surface area contributed by atoms with Crippen LogP contribution in [-0.2, 0) is 0 Å². The topological polar surface area (TPSA) is 94.4 Å². The molecule has 0 aliphatic carbocycles. The first-order chi connectivity index (χ1) is 11.1. The van der Waals surface area contributed by atoms with Crippen LogP contribution in [0.25, 0.3) is 0 Å². The lowest BCUT2D eigenvalue weighted by Crippen LogP contribution is -2.32. The van der Waals surface area contributed by atoms with E-state index in [0.29, 0.717) is 22.6 Å². The second kappa shape index (κ2) is 7.82. The number of nitrogens with one attached hydrogen (secondary N) is 2. The Morgan fingerprint density at radius 3 is 2.43 bits per heavy atom. The summed E-state index contributed by atoms with van der Waals surface area (Å²) in [5.74, 6) is 0.701. The number of aliphatic hydroxyl groups is 1. The number of hydrogen-bond acceptors (Lipinski definition) is 4. The number of carbonyl (C=O) groups excluding carboxylic acids is 1. The molecule has 118 valence electrons. The standard InChI is InChI=1S/C17H17N3O3/c1-23-15-8-4-13(5-9-15)16(21)11-19-17(22)20-14-6-2-12(10-18)3-7-14/h2-9,16,21H,11H2,1H3,(H2,19,20,22)/t16-/m1/s1. The smallest absolute Gasteiger partial charge is 0.319 e. The van der Waals surface area contributed by atoms with E-state index in [1.54, 1.807) is 55.6 Å². The van der Waals surface area contributed by atoms with Crippen LogP contribution in [0.2, 0.25) is 0 Å². The zero-order chi connectivity index (χ0) is 16.7. The second-order valence-corrected chi connectivity index (χ2v) is 4.81. The van der Waals surface area contributed by atoms with Crippen LogP contribution in [0.5, 0.6) is 5.75 Å². The van der Waals surface area contributed by atoms with E-state index >= 15 is 0 Å². The molecule has 0 aliphatic heterocycles. The first kappa shape index (κ1) is 16.3. The van der Waals surface area contributed by atoms with E-state index in [2.05, 4.69) is 10.6 Å². The number of aliphatic hydroxyl groups excluding tert-OH is 1. The number of urea groups is 1. The fraction of sp³-hybridized carbons (Fsp3) is 0.176. The van der Waals surface area contributed by atoms with Crippen molar-refractivity contribution in [2.45, 2.75) is 6.10 Å². The number of benzene rings is 2. The highest BCUT2D eigenvalue weighted by atomic mass is 16.5. The van der Waals surface area contributed by atoms with Crippen molar-refractivity contribution in [3.63, 3.8) is 0 Å². The van der Waals surface area contributed by atoms with E-state index in [4.69, 9.17) is 10.00 Å². The van der Waals surface area contributed by atoms with Gasteiger partial charge in [0, 0.05) is 12.2 Å². The molecule has 0 aromatic heterocycles. The van der Waals surface area contributed by atoms with Crippen molar-refractivity contribution in [2.75, 3.05) is 19.0 Å². The third kappa shape index (κ3) is 4.73. The van der Waals surface area contributed by atoms with Crippen molar-refractivity contribution in [1.29, 1.82) is 5.26 Å². The van der Waals surface area contributed by atoms with Crippen molar-refractivity contribution < 1.29 is 14.6 Å². The number of anilines is 1. The highest BCUT2D eigenvalue weighted by Crippen LogP contribution is 2.17. The molecule has 2 aromatic rings. The van der Waals surface area contributed by atoms with Gasteiger partial charge in [0.15, 0.2) is 0 Å². The Bertz CT molecular complexity index is 691. The average Bonchev–Trinajstić information content (AvgIpc) is 2.60. The molecule has 0 saturated heterocycles.